The summed E-state index contributed by atoms with van der Waals surface area (Å²) in [6.45, 7) is 8.13. The number of carbonyl (C=O) groups is 2. The van der Waals surface area contributed by atoms with Crippen LogP contribution in [-0.2, 0) is 22.6 Å². The van der Waals surface area contributed by atoms with Crippen molar-refractivity contribution in [1.82, 2.24) is 10.2 Å². The summed E-state index contributed by atoms with van der Waals surface area (Å²) in [7, 11) is 0. The molecule has 0 heterocycles. The highest BCUT2D eigenvalue weighted by molar-refractivity contribution is 6.30. The normalized spacial score (nSPS) is 12.3. The van der Waals surface area contributed by atoms with E-state index in [1.807, 2.05) is 70.2 Å². The summed E-state index contributed by atoms with van der Waals surface area (Å²) >= 11 is 6.06. The molecule has 1 unspecified atom stereocenters. The maximum atomic E-state index is 13.2. The van der Waals surface area contributed by atoms with Crippen LogP contribution in [0.5, 0.6) is 0 Å². The van der Waals surface area contributed by atoms with Gasteiger partial charge in [-0.15, -0.1) is 0 Å². The number of nitrogens with one attached hydrogen (secondary N) is 1. The molecule has 5 heteroatoms. The molecular formula is C23H29ClN2O2. The summed E-state index contributed by atoms with van der Waals surface area (Å²) in [4.78, 5) is 27.8. The number of carbonyl (C=O) groups excluding carboxylic acids is 2. The second-order valence-electron chi connectivity index (χ2n) is 7.98. The summed E-state index contributed by atoms with van der Waals surface area (Å²) in [5.74, 6) is -0.229. The van der Waals surface area contributed by atoms with Gasteiger partial charge in [0.05, 0.1) is 6.42 Å². The quantitative estimate of drug-likeness (QED) is 0.738. The first-order chi connectivity index (χ1) is 13.2. The molecule has 150 valence electrons. The highest BCUT2D eigenvalue weighted by Crippen LogP contribution is 2.17. The molecule has 1 atom stereocenters. The lowest BCUT2D eigenvalue weighted by Gasteiger charge is -2.33. The fraction of sp³-hybridized carbons (Fsp3) is 0.391. The third kappa shape index (κ3) is 6.68. The van der Waals surface area contributed by atoms with E-state index in [1.165, 1.54) is 0 Å². The van der Waals surface area contributed by atoms with E-state index in [-0.39, 0.29) is 23.8 Å². The number of rotatable bonds is 7. The van der Waals surface area contributed by atoms with Crippen molar-refractivity contribution in [2.75, 3.05) is 0 Å². The fourth-order valence-corrected chi connectivity index (χ4v) is 3.29. The molecular weight excluding hydrogens is 372 g/mol. The van der Waals surface area contributed by atoms with Crippen LogP contribution in [0, 0.1) is 0 Å². The van der Waals surface area contributed by atoms with Crippen molar-refractivity contribution >= 4 is 23.4 Å². The topological polar surface area (TPSA) is 49.4 Å². The SMILES string of the molecule is CCC(C(=O)NC(C)(C)C)N(Cc1ccccc1)C(=O)Cc1cccc(Cl)c1. The van der Waals surface area contributed by atoms with E-state index in [2.05, 4.69) is 5.32 Å². The maximum absolute atomic E-state index is 13.2. The van der Waals surface area contributed by atoms with E-state index < -0.39 is 6.04 Å². The van der Waals surface area contributed by atoms with Gasteiger partial charge in [0.2, 0.25) is 11.8 Å². The molecule has 2 amide bonds. The molecule has 0 aliphatic heterocycles. The molecule has 2 rings (SSSR count). The van der Waals surface area contributed by atoms with Crippen LogP contribution >= 0.6 is 11.6 Å². The van der Waals surface area contributed by atoms with Crippen molar-refractivity contribution in [1.29, 1.82) is 0 Å². The van der Waals surface area contributed by atoms with Crippen molar-refractivity contribution in [3.8, 4) is 0 Å². The molecule has 0 radical (unpaired) electrons. The Kier molecular flexibility index (Phi) is 7.64. The Balaban J connectivity index is 2.28. The Morgan fingerprint density at radius 1 is 1.04 bits per heavy atom. The van der Waals surface area contributed by atoms with Crippen LogP contribution in [0.25, 0.3) is 0 Å². The van der Waals surface area contributed by atoms with Crippen molar-refractivity contribution in [3.05, 3.63) is 70.7 Å². The standard InChI is InChI=1S/C23H29ClN2O2/c1-5-20(22(28)25-23(2,3)4)26(16-17-10-7-6-8-11-17)21(27)15-18-12-9-13-19(24)14-18/h6-14,20H,5,15-16H2,1-4H3,(H,25,28). The molecule has 28 heavy (non-hydrogen) atoms. The number of benzene rings is 2. The van der Waals surface area contributed by atoms with Gasteiger partial charge in [0.25, 0.3) is 0 Å². The Morgan fingerprint density at radius 3 is 2.25 bits per heavy atom. The molecule has 0 spiro atoms. The zero-order valence-electron chi connectivity index (χ0n) is 17.0. The Hall–Kier alpha value is -2.33. The molecule has 0 aromatic heterocycles. The van der Waals surface area contributed by atoms with Crippen LogP contribution < -0.4 is 5.32 Å². The first-order valence-electron chi connectivity index (χ1n) is 9.59. The third-order valence-corrected chi connectivity index (χ3v) is 4.56. The van der Waals surface area contributed by atoms with Gasteiger partial charge in [0.15, 0.2) is 0 Å². The zero-order valence-corrected chi connectivity index (χ0v) is 17.8. The van der Waals surface area contributed by atoms with E-state index in [1.54, 1.807) is 17.0 Å². The van der Waals surface area contributed by atoms with E-state index in [0.717, 1.165) is 11.1 Å². The average Bonchev–Trinajstić information content (AvgIpc) is 2.61. The maximum Gasteiger partial charge on any atom is 0.243 e. The van der Waals surface area contributed by atoms with Gasteiger partial charge in [0, 0.05) is 17.1 Å². The van der Waals surface area contributed by atoms with Gasteiger partial charge in [0.1, 0.15) is 6.04 Å². The lowest BCUT2D eigenvalue weighted by molar-refractivity contribution is -0.141. The zero-order chi connectivity index (χ0) is 20.7. The van der Waals surface area contributed by atoms with Gasteiger partial charge in [-0.05, 0) is 50.5 Å². The van der Waals surface area contributed by atoms with Gasteiger partial charge in [-0.3, -0.25) is 9.59 Å². The largest absolute Gasteiger partial charge is 0.350 e. The van der Waals surface area contributed by atoms with Crippen LogP contribution in [0.3, 0.4) is 0 Å². The molecule has 0 saturated carbocycles. The smallest absolute Gasteiger partial charge is 0.243 e. The van der Waals surface area contributed by atoms with Crippen molar-refractivity contribution in [3.63, 3.8) is 0 Å². The molecule has 2 aromatic rings. The van der Waals surface area contributed by atoms with Crippen molar-refractivity contribution in [2.45, 2.75) is 58.7 Å². The summed E-state index contributed by atoms with van der Waals surface area (Å²) in [5, 5.41) is 3.61. The Labute approximate surface area is 172 Å². The average molecular weight is 401 g/mol. The molecule has 1 N–H and O–H groups in total. The summed E-state index contributed by atoms with van der Waals surface area (Å²) in [6.07, 6.45) is 0.739. The number of hydrogen-bond donors (Lipinski definition) is 1. The Morgan fingerprint density at radius 2 is 1.68 bits per heavy atom. The van der Waals surface area contributed by atoms with Crippen molar-refractivity contribution in [2.24, 2.45) is 0 Å². The fourth-order valence-electron chi connectivity index (χ4n) is 3.08. The van der Waals surface area contributed by atoms with Crippen LogP contribution in [0.2, 0.25) is 5.02 Å². The number of halogens is 1. The van der Waals surface area contributed by atoms with Gasteiger partial charge in [-0.2, -0.15) is 0 Å². The summed E-state index contributed by atoms with van der Waals surface area (Å²) in [5.41, 5.74) is 1.46. The summed E-state index contributed by atoms with van der Waals surface area (Å²) in [6, 6.07) is 16.5. The minimum atomic E-state index is -0.536. The van der Waals surface area contributed by atoms with Gasteiger partial charge >= 0.3 is 0 Å². The van der Waals surface area contributed by atoms with Crippen LogP contribution in [0.1, 0.15) is 45.2 Å². The number of hydrogen-bond acceptors (Lipinski definition) is 2. The highest BCUT2D eigenvalue weighted by atomic mass is 35.5. The van der Waals surface area contributed by atoms with Crippen molar-refractivity contribution < 1.29 is 9.59 Å². The molecule has 0 fully saturated rings. The monoisotopic (exact) mass is 400 g/mol. The van der Waals surface area contributed by atoms with E-state index >= 15 is 0 Å². The number of amides is 2. The van der Waals surface area contributed by atoms with Crippen LogP contribution in [0.15, 0.2) is 54.6 Å². The van der Waals surface area contributed by atoms with Gasteiger partial charge < -0.3 is 10.2 Å². The van der Waals surface area contributed by atoms with Gasteiger partial charge in [-0.25, -0.2) is 0 Å². The lowest BCUT2D eigenvalue weighted by Crippen LogP contribution is -2.53. The molecule has 0 aliphatic rings. The molecule has 0 bridgehead atoms. The van der Waals surface area contributed by atoms with E-state index in [9.17, 15) is 9.59 Å². The van der Waals surface area contributed by atoms with E-state index in [4.69, 9.17) is 11.6 Å². The van der Waals surface area contributed by atoms with Gasteiger partial charge in [-0.1, -0.05) is 61.0 Å². The first-order valence-corrected chi connectivity index (χ1v) is 9.97. The second kappa shape index (κ2) is 9.74. The predicted octanol–water partition coefficient (Wildman–Crippen LogP) is 4.60. The Bertz CT molecular complexity index is 800. The third-order valence-electron chi connectivity index (χ3n) is 4.32. The predicted molar refractivity (Wildman–Crippen MR) is 114 cm³/mol. The minimum absolute atomic E-state index is 0.0953. The minimum Gasteiger partial charge on any atom is -0.350 e. The number of nitrogens with zero attached hydrogens (tertiary/aromatic N) is 1. The lowest BCUT2D eigenvalue weighted by atomic mass is 10.0. The highest BCUT2D eigenvalue weighted by Gasteiger charge is 2.30. The van der Waals surface area contributed by atoms with Crippen LogP contribution in [0.4, 0.5) is 0 Å². The first kappa shape index (κ1) is 22.0. The van der Waals surface area contributed by atoms with Crippen LogP contribution in [-0.4, -0.2) is 28.3 Å². The molecule has 0 aliphatic carbocycles. The molecule has 0 saturated heterocycles. The second-order valence-corrected chi connectivity index (χ2v) is 8.41. The summed E-state index contributed by atoms with van der Waals surface area (Å²) < 4.78 is 0. The van der Waals surface area contributed by atoms with E-state index in [0.29, 0.717) is 18.0 Å². The molecule has 2 aromatic carbocycles. The molecule has 4 nitrogen and oxygen atoms in total.